The fraction of sp³-hybridized carbons (Fsp3) is 0.778. The lowest BCUT2D eigenvalue weighted by Crippen LogP contribution is -2.08. The van der Waals surface area contributed by atoms with Gasteiger partial charge < -0.3 is 10.8 Å². The lowest BCUT2D eigenvalue weighted by molar-refractivity contribution is 0.137. The van der Waals surface area contributed by atoms with Crippen LogP contribution in [0.25, 0.3) is 0 Å². The molecule has 7 heteroatoms. The molecule has 3 N–H and O–H groups in total. The Labute approximate surface area is 92.2 Å². The first-order valence-corrected chi connectivity index (χ1v) is 5.22. The highest BCUT2D eigenvalue weighted by Gasteiger charge is 2.20. The molecular formula is C9H16F2N4O. The van der Waals surface area contributed by atoms with Crippen molar-refractivity contribution in [2.45, 2.75) is 38.8 Å². The average molecular weight is 234 g/mol. The van der Waals surface area contributed by atoms with Crippen molar-refractivity contribution < 1.29 is 13.9 Å². The van der Waals surface area contributed by atoms with E-state index in [4.69, 9.17) is 10.8 Å². The van der Waals surface area contributed by atoms with Gasteiger partial charge in [-0.1, -0.05) is 5.21 Å². The minimum atomic E-state index is -2.61. The normalized spacial score (nSPS) is 11.3. The van der Waals surface area contributed by atoms with Gasteiger partial charge in [-0.25, -0.2) is 13.5 Å². The first-order chi connectivity index (χ1) is 7.70. The molecule has 0 unspecified atom stereocenters. The Hall–Kier alpha value is -1.08. The summed E-state index contributed by atoms with van der Waals surface area (Å²) < 4.78 is 26.6. The Morgan fingerprint density at radius 3 is 2.62 bits per heavy atom. The maximum absolute atomic E-state index is 12.7. The molecule has 0 atom stereocenters. The van der Waals surface area contributed by atoms with E-state index in [2.05, 4.69) is 10.3 Å². The molecular weight excluding hydrogens is 218 g/mol. The highest BCUT2D eigenvalue weighted by Crippen LogP contribution is 2.21. The summed E-state index contributed by atoms with van der Waals surface area (Å²) in [4.78, 5) is 0. The third-order valence-corrected chi connectivity index (χ3v) is 2.28. The highest BCUT2D eigenvalue weighted by molar-refractivity contribution is 5.11. The van der Waals surface area contributed by atoms with E-state index in [0.29, 0.717) is 19.4 Å². The number of hydrogen-bond acceptors (Lipinski definition) is 4. The summed E-state index contributed by atoms with van der Waals surface area (Å²) >= 11 is 0. The predicted molar refractivity (Wildman–Crippen MR) is 53.8 cm³/mol. The van der Waals surface area contributed by atoms with Crippen molar-refractivity contribution in [2.75, 3.05) is 6.61 Å². The molecule has 16 heavy (non-hydrogen) atoms. The van der Waals surface area contributed by atoms with Crippen molar-refractivity contribution in [1.82, 2.24) is 15.0 Å². The van der Waals surface area contributed by atoms with Crippen molar-refractivity contribution in [1.29, 1.82) is 0 Å². The molecule has 5 nitrogen and oxygen atoms in total. The summed E-state index contributed by atoms with van der Waals surface area (Å²) in [6, 6.07) is 0. The molecule has 1 aromatic rings. The van der Waals surface area contributed by atoms with Crippen LogP contribution in [0, 0.1) is 0 Å². The van der Waals surface area contributed by atoms with Crippen molar-refractivity contribution in [2.24, 2.45) is 5.73 Å². The molecule has 0 amide bonds. The van der Waals surface area contributed by atoms with Gasteiger partial charge in [0.05, 0.1) is 0 Å². The maximum atomic E-state index is 12.7. The Balaban J connectivity index is 2.61. The molecule has 92 valence electrons. The Morgan fingerprint density at radius 1 is 1.31 bits per heavy atom. The van der Waals surface area contributed by atoms with Gasteiger partial charge in [-0.05, 0) is 19.3 Å². The van der Waals surface area contributed by atoms with Crippen LogP contribution in [-0.2, 0) is 13.1 Å². The number of aryl methyl sites for hydroxylation is 1. The third-order valence-electron chi connectivity index (χ3n) is 2.28. The average Bonchev–Trinajstić information content (AvgIpc) is 2.67. The molecule has 1 aromatic heterocycles. The number of hydrogen-bond donors (Lipinski definition) is 2. The van der Waals surface area contributed by atoms with Crippen molar-refractivity contribution in [3.05, 3.63) is 11.4 Å². The van der Waals surface area contributed by atoms with Gasteiger partial charge in [-0.2, -0.15) is 0 Å². The van der Waals surface area contributed by atoms with E-state index in [1.165, 1.54) is 4.68 Å². The standard InChI is InChI=1S/C9H16F2N4O/c10-9(11)8-7(6-12)13-14-15(8)4-2-1-3-5-16/h9,16H,1-6,12H2. The van der Waals surface area contributed by atoms with Crippen LogP contribution in [0.2, 0.25) is 0 Å². The largest absolute Gasteiger partial charge is 0.396 e. The van der Waals surface area contributed by atoms with Gasteiger partial charge in [-0.15, -0.1) is 5.10 Å². The zero-order chi connectivity index (χ0) is 12.0. The smallest absolute Gasteiger partial charge is 0.281 e. The van der Waals surface area contributed by atoms with Gasteiger partial charge in [0.1, 0.15) is 11.4 Å². The zero-order valence-electron chi connectivity index (χ0n) is 8.94. The second-order valence-corrected chi connectivity index (χ2v) is 3.43. The molecule has 0 aromatic carbocycles. The summed E-state index contributed by atoms with van der Waals surface area (Å²) in [5, 5.41) is 15.8. The summed E-state index contributed by atoms with van der Waals surface area (Å²) in [6.45, 7) is 0.468. The minimum Gasteiger partial charge on any atom is -0.396 e. The number of halogens is 2. The van der Waals surface area contributed by atoms with Crippen molar-refractivity contribution in [3.63, 3.8) is 0 Å². The first kappa shape index (κ1) is 13.0. The van der Waals surface area contributed by atoms with Gasteiger partial charge in [0, 0.05) is 19.7 Å². The van der Waals surface area contributed by atoms with E-state index in [-0.39, 0.29) is 24.5 Å². The SMILES string of the molecule is NCc1nnn(CCCCCO)c1C(F)F. The minimum absolute atomic E-state index is 0.0314. The van der Waals surface area contributed by atoms with E-state index >= 15 is 0 Å². The van der Waals surface area contributed by atoms with Crippen LogP contribution in [0.1, 0.15) is 37.1 Å². The Kier molecular flexibility index (Phi) is 5.27. The van der Waals surface area contributed by atoms with Crippen molar-refractivity contribution >= 4 is 0 Å². The topological polar surface area (TPSA) is 77.0 Å². The van der Waals surface area contributed by atoms with Gasteiger partial charge in [0.25, 0.3) is 6.43 Å². The number of alkyl halides is 2. The quantitative estimate of drug-likeness (QED) is 0.685. The van der Waals surface area contributed by atoms with Gasteiger partial charge in [0.15, 0.2) is 0 Å². The fourth-order valence-electron chi connectivity index (χ4n) is 1.46. The number of aromatic nitrogens is 3. The maximum Gasteiger partial charge on any atom is 0.281 e. The second-order valence-electron chi connectivity index (χ2n) is 3.43. The zero-order valence-corrected chi connectivity index (χ0v) is 8.94. The Bertz CT molecular complexity index is 316. The van der Waals surface area contributed by atoms with Crippen LogP contribution in [0.3, 0.4) is 0 Å². The Morgan fingerprint density at radius 2 is 2.06 bits per heavy atom. The number of aliphatic hydroxyl groups is 1. The molecule has 0 saturated carbocycles. The van der Waals surface area contributed by atoms with E-state index in [9.17, 15) is 8.78 Å². The number of nitrogens with zero attached hydrogens (tertiary/aromatic N) is 3. The molecule has 0 spiro atoms. The third kappa shape index (κ3) is 3.21. The molecule has 0 aliphatic heterocycles. The summed E-state index contributed by atoms with van der Waals surface area (Å²) in [7, 11) is 0. The number of aliphatic hydroxyl groups excluding tert-OH is 1. The van der Waals surface area contributed by atoms with Gasteiger partial charge in [0.2, 0.25) is 0 Å². The molecule has 0 fully saturated rings. The lowest BCUT2D eigenvalue weighted by Gasteiger charge is -2.06. The van der Waals surface area contributed by atoms with Gasteiger partial charge >= 0.3 is 0 Å². The summed E-state index contributed by atoms with van der Waals surface area (Å²) in [5.74, 6) is 0. The number of rotatable bonds is 7. The second kappa shape index (κ2) is 6.49. The molecule has 0 radical (unpaired) electrons. The summed E-state index contributed by atoms with van der Waals surface area (Å²) in [6.07, 6.45) is -0.473. The summed E-state index contributed by atoms with van der Waals surface area (Å²) in [5.41, 5.74) is 5.26. The molecule has 1 heterocycles. The van der Waals surface area contributed by atoms with Gasteiger partial charge in [-0.3, -0.25) is 0 Å². The van der Waals surface area contributed by atoms with Crippen LogP contribution < -0.4 is 5.73 Å². The highest BCUT2D eigenvalue weighted by atomic mass is 19.3. The van der Waals surface area contributed by atoms with Crippen molar-refractivity contribution in [3.8, 4) is 0 Å². The van der Waals surface area contributed by atoms with Crippen LogP contribution in [0.5, 0.6) is 0 Å². The molecule has 1 rings (SSSR count). The van der Waals surface area contributed by atoms with Crippen LogP contribution in [0.15, 0.2) is 0 Å². The molecule has 0 saturated heterocycles. The van der Waals surface area contributed by atoms with E-state index in [1.807, 2.05) is 0 Å². The molecule has 0 bridgehead atoms. The van der Waals surface area contributed by atoms with Crippen LogP contribution in [0.4, 0.5) is 8.78 Å². The fourth-order valence-corrected chi connectivity index (χ4v) is 1.46. The van der Waals surface area contributed by atoms with E-state index in [1.54, 1.807) is 0 Å². The first-order valence-electron chi connectivity index (χ1n) is 5.22. The predicted octanol–water partition coefficient (Wildman–Crippen LogP) is 0.837. The van der Waals surface area contributed by atoms with Crippen LogP contribution >= 0.6 is 0 Å². The van der Waals surface area contributed by atoms with E-state index < -0.39 is 6.43 Å². The monoisotopic (exact) mass is 234 g/mol. The number of unbranched alkanes of at least 4 members (excludes halogenated alkanes) is 2. The molecule has 0 aliphatic rings. The van der Waals surface area contributed by atoms with Crippen LogP contribution in [-0.4, -0.2) is 26.7 Å². The molecule has 0 aliphatic carbocycles. The lowest BCUT2D eigenvalue weighted by atomic mass is 10.2. The number of nitrogens with two attached hydrogens (primary N) is 1. The van der Waals surface area contributed by atoms with E-state index in [0.717, 1.165) is 6.42 Å².